The van der Waals surface area contributed by atoms with Crippen LogP contribution in [-0.4, -0.2) is 37.5 Å². The highest BCUT2D eigenvalue weighted by molar-refractivity contribution is 6.08. The van der Waals surface area contributed by atoms with Gasteiger partial charge in [-0.3, -0.25) is 9.59 Å². The lowest BCUT2D eigenvalue weighted by Gasteiger charge is -2.28. The van der Waals surface area contributed by atoms with Crippen LogP contribution in [0.2, 0.25) is 0 Å². The number of carbonyl (C=O) groups excluding carboxylic acids is 2. The summed E-state index contributed by atoms with van der Waals surface area (Å²) in [6.07, 6.45) is 0.823. The van der Waals surface area contributed by atoms with Crippen molar-refractivity contribution < 1.29 is 19.1 Å². The summed E-state index contributed by atoms with van der Waals surface area (Å²) in [5.74, 6) is 0.646. The highest BCUT2D eigenvalue weighted by Gasteiger charge is 2.21. The number of fused-ring (bicyclic) bond motifs is 1. The SMILES string of the molecule is COc1cccc(OC)c1C(=O)Nc1ccc2c(c1)CN(C(C)=O)CC2. The highest BCUT2D eigenvalue weighted by atomic mass is 16.5. The third kappa shape index (κ3) is 3.49. The lowest BCUT2D eigenvalue weighted by atomic mass is 9.99. The van der Waals surface area contributed by atoms with Crippen LogP contribution in [0.4, 0.5) is 5.69 Å². The van der Waals surface area contributed by atoms with E-state index in [0.29, 0.717) is 29.3 Å². The minimum atomic E-state index is -0.307. The van der Waals surface area contributed by atoms with E-state index in [0.717, 1.165) is 18.5 Å². The predicted octanol–water partition coefficient (Wildman–Crippen LogP) is 2.86. The molecule has 26 heavy (non-hydrogen) atoms. The predicted molar refractivity (Wildman–Crippen MR) is 98.7 cm³/mol. The summed E-state index contributed by atoms with van der Waals surface area (Å²) in [5.41, 5.74) is 3.28. The van der Waals surface area contributed by atoms with E-state index in [1.165, 1.54) is 19.8 Å². The maximum atomic E-state index is 12.8. The van der Waals surface area contributed by atoms with Crippen molar-refractivity contribution in [3.8, 4) is 11.5 Å². The summed E-state index contributed by atoms with van der Waals surface area (Å²) in [6, 6.07) is 11.0. The summed E-state index contributed by atoms with van der Waals surface area (Å²) in [6.45, 7) is 2.86. The van der Waals surface area contributed by atoms with Crippen molar-refractivity contribution in [3.05, 3.63) is 53.1 Å². The van der Waals surface area contributed by atoms with E-state index in [1.54, 1.807) is 30.0 Å². The molecule has 1 aliphatic heterocycles. The lowest BCUT2D eigenvalue weighted by molar-refractivity contribution is -0.129. The Morgan fingerprint density at radius 3 is 2.35 bits per heavy atom. The summed E-state index contributed by atoms with van der Waals surface area (Å²) in [4.78, 5) is 26.2. The Balaban J connectivity index is 1.85. The summed E-state index contributed by atoms with van der Waals surface area (Å²) in [7, 11) is 3.03. The van der Waals surface area contributed by atoms with Gasteiger partial charge in [-0.05, 0) is 41.8 Å². The second-order valence-electron chi connectivity index (χ2n) is 6.17. The third-order valence-electron chi connectivity index (χ3n) is 4.58. The lowest BCUT2D eigenvalue weighted by Crippen LogP contribution is -2.34. The largest absolute Gasteiger partial charge is 0.496 e. The van der Waals surface area contributed by atoms with Crippen molar-refractivity contribution in [3.63, 3.8) is 0 Å². The van der Waals surface area contributed by atoms with Gasteiger partial charge in [0.05, 0.1) is 14.2 Å². The minimum absolute atomic E-state index is 0.0591. The van der Waals surface area contributed by atoms with Gasteiger partial charge in [-0.15, -0.1) is 0 Å². The number of nitrogens with one attached hydrogen (secondary N) is 1. The molecule has 0 unspecified atom stereocenters. The number of ether oxygens (including phenoxy) is 2. The number of benzene rings is 2. The normalized spacial score (nSPS) is 13.0. The van der Waals surface area contributed by atoms with Crippen LogP contribution in [0.1, 0.15) is 28.4 Å². The molecule has 0 radical (unpaired) electrons. The molecule has 0 saturated heterocycles. The van der Waals surface area contributed by atoms with Crippen LogP contribution in [0.5, 0.6) is 11.5 Å². The molecule has 0 aromatic heterocycles. The molecule has 1 heterocycles. The van der Waals surface area contributed by atoms with Gasteiger partial charge in [-0.1, -0.05) is 12.1 Å². The van der Waals surface area contributed by atoms with Gasteiger partial charge in [-0.25, -0.2) is 0 Å². The minimum Gasteiger partial charge on any atom is -0.496 e. The van der Waals surface area contributed by atoms with Gasteiger partial charge >= 0.3 is 0 Å². The maximum absolute atomic E-state index is 12.8. The molecule has 0 fully saturated rings. The zero-order chi connectivity index (χ0) is 18.7. The fourth-order valence-corrected chi connectivity index (χ4v) is 3.17. The zero-order valence-electron chi connectivity index (χ0n) is 15.2. The fourth-order valence-electron chi connectivity index (χ4n) is 3.17. The Labute approximate surface area is 152 Å². The van der Waals surface area contributed by atoms with Gasteiger partial charge in [0, 0.05) is 25.7 Å². The maximum Gasteiger partial charge on any atom is 0.263 e. The Hall–Kier alpha value is -3.02. The molecular weight excluding hydrogens is 332 g/mol. The number of amides is 2. The molecule has 0 bridgehead atoms. The van der Waals surface area contributed by atoms with E-state index < -0.39 is 0 Å². The molecule has 0 aliphatic carbocycles. The Bertz CT molecular complexity index is 825. The van der Waals surface area contributed by atoms with Crippen molar-refractivity contribution in [1.29, 1.82) is 0 Å². The van der Waals surface area contributed by atoms with Gasteiger partial charge < -0.3 is 19.7 Å². The zero-order valence-corrected chi connectivity index (χ0v) is 15.2. The van der Waals surface area contributed by atoms with E-state index in [4.69, 9.17) is 9.47 Å². The number of rotatable bonds is 4. The molecule has 2 aromatic carbocycles. The van der Waals surface area contributed by atoms with Crippen LogP contribution in [-0.2, 0) is 17.8 Å². The molecule has 1 N–H and O–H groups in total. The van der Waals surface area contributed by atoms with Crippen molar-refractivity contribution in [2.75, 3.05) is 26.1 Å². The topological polar surface area (TPSA) is 67.9 Å². The van der Waals surface area contributed by atoms with Crippen LogP contribution in [0.25, 0.3) is 0 Å². The van der Waals surface area contributed by atoms with Crippen molar-refractivity contribution in [2.24, 2.45) is 0 Å². The van der Waals surface area contributed by atoms with E-state index >= 15 is 0 Å². The second-order valence-corrected chi connectivity index (χ2v) is 6.17. The molecule has 3 rings (SSSR count). The quantitative estimate of drug-likeness (QED) is 0.917. The third-order valence-corrected chi connectivity index (χ3v) is 4.58. The smallest absolute Gasteiger partial charge is 0.263 e. The molecule has 6 nitrogen and oxygen atoms in total. The van der Waals surface area contributed by atoms with Gasteiger partial charge in [0.1, 0.15) is 17.1 Å². The van der Waals surface area contributed by atoms with E-state index in [9.17, 15) is 9.59 Å². The molecule has 2 aromatic rings. The highest BCUT2D eigenvalue weighted by Crippen LogP contribution is 2.30. The average molecular weight is 354 g/mol. The molecule has 1 aliphatic rings. The Morgan fingerprint density at radius 1 is 1.04 bits per heavy atom. The van der Waals surface area contributed by atoms with Crippen molar-refractivity contribution in [2.45, 2.75) is 19.9 Å². The van der Waals surface area contributed by atoms with E-state index in [1.807, 2.05) is 18.2 Å². The summed E-state index contributed by atoms with van der Waals surface area (Å²) < 4.78 is 10.6. The summed E-state index contributed by atoms with van der Waals surface area (Å²) in [5, 5.41) is 2.90. The first kappa shape index (κ1) is 17.8. The first-order valence-corrected chi connectivity index (χ1v) is 8.43. The van der Waals surface area contributed by atoms with Crippen LogP contribution in [0.15, 0.2) is 36.4 Å². The first-order chi connectivity index (χ1) is 12.5. The number of hydrogen-bond acceptors (Lipinski definition) is 4. The molecular formula is C20H22N2O4. The standard InChI is InChI=1S/C20H22N2O4/c1-13(23)22-10-9-14-7-8-16(11-15(14)12-22)21-20(24)19-17(25-2)5-4-6-18(19)26-3/h4-8,11H,9-10,12H2,1-3H3,(H,21,24). The Morgan fingerprint density at radius 2 is 1.73 bits per heavy atom. The molecule has 2 amide bonds. The van der Waals surface area contributed by atoms with Crippen LogP contribution < -0.4 is 14.8 Å². The fraction of sp³-hybridized carbons (Fsp3) is 0.300. The van der Waals surface area contributed by atoms with Crippen molar-refractivity contribution >= 4 is 17.5 Å². The number of anilines is 1. The monoisotopic (exact) mass is 354 g/mol. The van der Waals surface area contributed by atoms with E-state index in [2.05, 4.69) is 5.32 Å². The van der Waals surface area contributed by atoms with Gasteiger partial charge in [-0.2, -0.15) is 0 Å². The van der Waals surface area contributed by atoms with E-state index in [-0.39, 0.29) is 11.8 Å². The number of carbonyl (C=O) groups is 2. The number of nitrogens with zero attached hydrogens (tertiary/aromatic N) is 1. The molecule has 0 spiro atoms. The van der Waals surface area contributed by atoms with Crippen molar-refractivity contribution in [1.82, 2.24) is 4.90 Å². The average Bonchev–Trinajstić information content (AvgIpc) is 2.66. The summed E-state index contributed by atoms with van der Waals surface area (Å²) >= 11 is 0. The van der Waals surface area contributed by atoms with Gasteiger partial charge in [0.2, 0.25) is 5.91 Å². The molecule has 6 heteroatoms. The Kier molecular flexibility index (Phi) is 5.11. The second kappa shape index (κ2) is 7.47. The van der Waals surface area contributed by atoms with Crippen LogP contribution >= 0.6 is 0 Å². The number of hydrogen-bond donors (Lipinski definition) is 1. The first-order valence-electron chi connectivity index (χ1n) is 8.43. The number of methoxy groups -OCH3 is 2. The van der Waals surface area contributed by atoms with Gasteiger partial charge in [0.25, 0.3) is 5.91 Å². The molecule has 136 valence electrons. The van der Waals surface area contributed by atoms with Gasteiger partial charge in [0.15, 0.2) is 0 Å². The molecule has 0 saturated carbocycles. The molecule has 0 atom stereocenters. The van der Waals surface area contributed by atoms with Crippen LogP contribution in [0.3, 0.4) is 0 Å². The van der Waals surface area contributed by atoms with Crippen LogP contribution in [0, 0.1) is 0 Å².